The number of benzene rings is 2. The molecule has 41 heavy (non-hydrogen) atoms. The van der Waals surface area contributed by atoms with Gasteiger partial charge in [0.05, 0.1) is 29.7 Å². The zero-order valence-corrected chi connectivity index (χ0v) is 26.2. The number of primary amides is 1. The van der Waals surface area contributed by atoms with Crippen LogP contribution in [-0.4, -0.2) is 59.9 Å². The molecule has 2 aromatic carbocycles. The van der Waals surface area contributed by atoms with Gasteiger partial charge in [0.1, 0.15) is 12.4 Å². The van der Waals surface area contributed by atoms with Gasteiger partial charge in [0.2, 0.25) is 11.8 Å². The predicted molar refractivity (Wildman–Crippen MR) is 160 cm³/mol. The van der Waals surface area contributed by atoms with Crippen molar-refractivity contribution in [3.63, 3.8) is 0 Å². The fraction of sp³-hybridized carbons (Fsp3) is 0.448. The zero-order valence-electron chi connectivity index (χ0n) is 24.5. The standard InChI is InChI=1S/C29H39ClFN5O4Si/c1-7-20(18-40-41(5,6)29(2,3)4)35(16-24(37)33-15-19-11-10-13-22(30)26(19)31)25(38)17-36-23-14-9-8-12-21(23)27(34-36)28(32)39/h8-14,20H,7,15-18H2,1-6H3,(H2,32,39)(H,33,37)/t20-/m1/s1. The number of hydrogen-bond donors (Lipinski definition) is 2. The summed E-state index contributed by atoms with van der Waals surface area (Å²) >= 11 is 5.87. The molecule has 3 rings (SSSR count). The van der Waals surface area contributed by atoms with E-state index in [1.165, 1.54) is 21.7 Å². The van der Waals surface area contributed by atoms with Gasteiger partial charge < -0.3 is 20.4 Å². The lowest BCUT2D eigenvalue weighted by atomic mass is 10.2. The Labute approximate surface area is 246 Å². The van der Waals surface area contributed by atoms with E-state index in [9.17, 15) is 18.8 Å². The number of rotatable bonds is 12. The van der Waals surface area contributed by atoms with Crippen LogP contribution >= 0.6 is 11.6 Å². The van der Waals surface area contributed by atoms with Crippen LogP contribution in [0.25, 0.3) is 10.9 Å². The number of nitrogens with one attached hydrogen (secondary N) is 1. The molecule has 9 nitrogen and oxygen atoms in total. The molecule has 0 radical (unpaired) electrons. The SMILES string of the molecule is CC[C@H](CO[Si](C)(C)C(C)(C)C)N(CC(=O)NCc1cccc(Cl)c1F)C(=O)Cn1nc(C(N)=O)c2ccccc21. The van der Waals surface area contributed by atoms with E-state index in [1.807, 2.05) is 6.92 Å². The summed E-state index contributed by atoms with van der Waals surface area (Å²) in [5, 5.41) is 7.45. The van der Waals surface area contributed by atoms with Crippen molar-refractivity contribution in [1.29, 1.82) is 0 Å². The Morgan fingerprint density at radius 1 is 1.17 bits per heavy atom. The Hall–Kier alpha value is -3.28. The van der Waals surface area contributed by atoms with Gasteiger partial charge in [0.25, 0.3) is 5.91 Å². The molecule has 0 fully saturated rings. The van der Waals surface area contributed by atoms with Crippen LogP contribution in [0.2, 0.25) is 23.2 Å². The fourth-order valence-corrected chi connectivity index (χ4v) is 5.34. The smallest absolute Gasteiger partial charge is 0.269 e. The molecule has 0 bridgehead atoms. The number of aromatic nitrogens is 2. The van der Waals surface area contributed by atoms with Crippen molar-refractivity contribution in [2.45, 2.75) is 71.4 Å². The highest BCUT2D eigenvalue weighted by atomic mass is 35.5. The minimum Gasteiger partial charge on any atom is -0.415 e. The lowest BCUT2D eigenvalue weighted by Gasteiger charge is -2.39. The molecule has 0 aliphatic heterocycles. The zero-order chi connectivity index (χ0) is 30.5. The van der Waals surface area contributed by atoms with Gasteiger partial charge >= 0.3 is 0 Å². The average molecular weight is 604 g/mol. The monoisotopic (exact) mass is 603 g/mol. The molecular weight excluding hydrogens is 565 g/mol. The summed E-state index contributed by atoms with van der Waals surface area (Å²) in [6.07, 6.45) is 0.531. The summed E-state index contributed by atoms with van der Waals surface area (Å²) in [4.78, 5) is 40.4. The van der Waals surface area contributed by atoms with Crippen LogP contribution in [0.1, 0.15) is 50.2 Å². The molecule has 222 valence electrons. The van der Waals surface area contributed by atoms with Crippen molar-refractivity contribution in [1.82, 2.24) is 20.0 Å². The van der Waals surface area contributed by atoms with Crippen molar-refractivity contribution < 1.29 is 23.2 Å². The van der Waals surface area contributed by atoms with Crippen molar-refractivity contribution in [3.05, 3.63) is 64.6 Å². The largest absolute Gasteiger partial charge is 0.415 e. The van der Waals surface area contributed by atoms with E-state index >= 15 is 0 Å². The van der Waals surface area contributed by atoms with Crippen LogP contribution < -0.4 is 11.1 Å². The Morgan fingerprint density at radius 2 is 1.85 bits per heavy atom. The lowest BCUT2D eigenvalue weighted by Crippen LogP contribution is -2.51. The number of carbonyl (C=O) groups is 3. The second-order valence-electron chi connectivity index (χ2n) is 11.5. The molecule has 3 N–H and O–H groups in total. The molecule has 3 aromatic rings. The molecule has 1 aromatic heterocycles. The second kappa shape index (κ2) is 13.1. The van der Waals surface area contributed by atoms with Crippen molar-refractivity contribution in [2.75, 3.05) is 13.2 Å². The van der Waals surface area contributed by atoms with Crippen molar-refractivity contribution in [2.24, 2.45) is 5.73 Å². The van der Waals surface area contributed by atoms with Crippen LogP contribution in [0, 0.1) is 5.82 Å². The summed E-state index contributed by atoms with van der Waals surface area (Å²) in [5.41, 5.74) is 6.40. The lowest BCUT2D eigenvalue weighted by molar-refractivity contribution is -0.140. The van der Waals surface area contributed by atoms with Gasteiger partial charge in [-0.2, -0.15) is 5.10 Å². The minimum absolute atomic E-state index is 0.0378. The first-order chi connectivity index (χ1) is 19.2. The third kappa shape index (κ3) is 7.72. The number of nitrogens with two attached hydrogens (primary N) is 1. The summed E-state index contributed by atoms with van der Waals surface area (Å²) < 4.78 is 22.2. The van der Waals surface area contributed by atoms with Gasteiger partial charge in [0.15, 0.2) is 14.0 Å². The van der Waals surface area contributed by atoms with Crippen LogP contribution in [0.15, 0.2) is 42.5 Å². The number of hydrogen-bond acceptors (Lipinski definition) is 5. The van der Waals surface area contributed by atoms with E-state index in [0.29, 0.717) is 17.3 Å². The van der Waals surface area contributed by atoms with Gasteiger partial charge in [-0.25, -0.2) is 4.39 Å². The quantitative estimate of drug-likeness (QED) is 0.286. The van der Waals surface area contributed by atoms with Gasteiger partial charge in [-0.3, -0.25) is 19.1 Å². The fourth-order valence-electron chi connectivity index (χ4n) is 4.11. The molecule has 0 aliphatic carbocycles. The molecule has 0 aliphatic rings. The van der Waals surface area contributed by atoms with Crippen LogP contribution in [0.5, 0.6) is 0 Å². The minimum atomic E-state index is -2.16. The molecule has 1 heterocycles. The highest BCUT2D eigenvalue weighted by molar-refractivity contribution is 6.74. The number of nitrogens with zero attached hydrogens (tertiary/aromatic N) is 3. The molecule has 0 saturated heterocycles. The average Bonchev–Trinajstić information content (AvgIpc) is 3.27. The summed E-state index contributed by atoms with van der Waals surface area (Å²) in [6, 6.07) is 11.1. The molecule has 0 spiro atoms. The molecule has 0 saturated carbocycles. The van der Waals surface area contributed by atoms with E-state index in [2.05, 4.69) is 44.3 Å². The van der Waals surface area contributed by atoms with Crippen LogP contribution in [0.3, 0.4) is 0 Å². The molecular formula is C29H39ClFN5O4Si. The summed E-state index contributed by atoms with van der Waals surface area (Å²) in [7, 11) is -2.16. The van der Waals surface area contributed by atoms with Crippen molar-refractivity contribution in [3.8, 4) is 0 Å². The third-order valence-electron chi connectivity index (χ3n) is 7.67. The predicted octanol–water partition coefficient (Wildman–Crippen LogP) is 4.87. The number of carbonyl (C=O) groups excluding carboxylic acids is 3. The molecule has 1 atom stereocenters. The Kier molecular flexibility index (Phi) is 10.3. The maximum Gasteiger partial charge on any atom is 0.269 e. The number of para-hydroxylation sites is 1. The van der Waals surface area contributed by atoms with E-state index in [-0.39, 0.29) is 53.5 Å². The Bertz CT molecular complexity index is 1420. The summed E-state index contributed by atoms with van der Waals surface area (Å²) in [6.45, 7) is 12.2. The van der Waals surface area contributed by atoms with E-state index < -0.39 is 32.0 Å². The first-order valence-electron chi connectivity index (χ1n) is 13.5. The van der Waals surface area contributed by atoms with Crippen LogP contribution in [-0.2, 0) is 27.1 Å². The highest BCUT2D eigenvalue weighted by Gasteiger charge is 2.38. The maximum atomic E-state index is 14.4. The third-order valence-corrected chi connectivity index (χ3v) is 12.5. The first-order valence-corrected chi connectivity index (χ1v) is 16.8. The number of fused-ring (bicyclic) bond motifs is 1. The van der Waals surface area contributed by atoms with Crippen molar-refractivity contribution >= 4 is 48.5 Å². The van der Waals surface area contributed by atoms with Crippen LogP contribution in [0.4, 0.5) is 4.39 Å². The number of halogens is 2. The van der Waals surface area contributed by atoms with E-state index in [4.69, 9.17) is 21.8 Å². The van der Waals surface area contributed by atoms with Gasteiger partial charge in [-0.1, -0.05) is 69.6 Å². The molecule has 12 heteroatoms. The molecule has 0 unspecified atom stereocenters. The first kappa shape index (κ1) is 32.2. The second-order valence-corrected chi connectivity index (χ2v) is 16.7. The topological polar surface area (TPSA) is 120 Å². The van der Waals surface area contributed by atoms with Gasteiger partial charge in [0, 0.05) is 17.5 Å². The normalized spacial score (nSPS) is 12.8. The van der Waals surface area contributed by atoms with E-state index in [0.717, 1.165) is 0 Å². The maximum absolute atomic E-state index is 14.4. The summed E-state index contributed by atoms with van der Waals surface area (Å²) in [5.74, 6) is -2.16. The van der Waals surface area contributed by atoms with Gasteiger partial charge in [-0.15, -0.1) is 0 Å². The molecule has 3 amide bonds. The number of amides is 3. The Balaban J connectivity index is 1.87. The van der Waals surface area contributed by atoms with E-state index in [1.54, 1.807) is 30.3 Å². The Morgan fingerprint density at radius 3 is 2.49 bits per heavy atom. The van der Waals surface area contributed by atoms with Gasteiger partial charge in [-0.05, 0) is 36.7 Å². The highest BCUT2D eigenvalue weighted by Crippen LogP contribution is 2.36.